The number of amides is 2. The zero-order chi connectivity index (χ0) is 29.0. The summed E-state index contributed by atoms with van der Waals surface area (Å²) in [6, 6.07) is 5.59. The van der Waals surface area contributed by atoms with Gasteiger partial charge in [0.15, 0.2) is 5.69 Å². The number of aromatic carboxylic acids is 1. The number of hydrogen-bond acceptors (Lipinski definition) is 7. The molecule has 1 aromatic carbocycles. The van der Waals surface area contributed by atoms with Gasteiger partial charge in [-0.2, -0.15) is 13.2 Å². The van der Waals surface area contributed by atoms with Gasteiger partial charge in [0.05, 0.1) is 12.1 Å². The summed E-state index contributed by atoms with van der Waals surface area (Å²) in [6.07, 6.45) is -1.36. The Bertz CT molecular complexity index is 1630. The second-order valence-electron chi connectivity index (χ2n) is 8.63. The lowest BCUT2D eigenvalue weighted by molar-refractivity contribution is -0.140. The molecule has 3 aromatic heterocycles. The van der Waals surface area contributed by atoms with Crippen LogP contribution in [0.1, 0.15) is 29.4 Å². The van der Waals surface area contributed by atoms with Crippen molar-refractivity contribution in [2.24, 2.45) is 0 Å². The van der Waals surface area contributed by atoms with Gasteiger partial charge in [-0.1, -0.05) is 13.0 Å². The van der Waals surface area contributed by atoms with Crippen LogP contribution < -0.4 is 16.1 Å². The summed E-state index contributed by atoms with van der Waals surface area (Å²) in [5, 5.41) is 15.8. The summed E-state index contributed by atoms with van der Waals surface area (Å²) in [5.41, 5.74) is -0.833. The van der Waals surface area contributed by atoms with Crippen molar-refractivity contribution in [3.8, 4) is 21.7 Å². The molecule has 2 amide bonds. The second-order valence-corrected chi connectivity index (χ2v) is 9.48. The maximum atomic E-state index is 13.3. The number of fused-ring (bicyclic) bond motifs is 1. The fourth-order valence-electron chi connectivity index (χ4n) is 3.95. The Labute approximate surface area is 229 Å². The number of carbonyl (C=O) groups is 2. The van der Waals surface area contributed by atoms with Crippen molar-refractivity contribution in [2.45, 2.75) is 26.1 Å². The number of aromatic nitrogens is 3. The zero-order valence-corrected chi connectivity index (χ0v) is 22.2. The molecule has 4 rings (SSSR count). The van der Waals surface area contributed by atoms with E-state index in [0.29, 0.717) is 29.6 Å². The van der Waals surface area contributed by atoms with E-state index in [9.17, 15) is 32.7 Å². The molecular weight excluding hydrogens is 551 g/mol. The molecule has 0 aliphatic rings. The number of thiazole rings is 1. The number of methoxy groups -OCH3 is 1. The standard InChI is InChI=1S/C26H24F3N5O5S/c1-3-6-30-25(38)33-21-10-15(23-32-20(13-40-23)26(27,28)29)17(11-31-21)14-4-5-19-16(9-14)22(35)18(24(36)37)12-34(19)7-8-39-2/h4-5,9-13H,3,6-8H2,1-2H3,(H,36,37)(H2,30,31,33,38). The highest BCUT2D eigenvalue weighted by atomic mass is 32.1. The maximum absolute atomic E-state index is 13.3. The molecule has 0 unspecified atom stereocenters. The van der Waals surface area contributed by atoms with E-state index in [1.54, 1.807) is 16.7 Å². The van der Waals surface area contributed by atoms with E-state index in [0.717, 1.165) is 16.7 Å². The molecule has 0 aliphatic heterocycles. The molecule has 0 saturated carbocycles. The first kappa shape index (κ1) is 28.7. The highest BCUT2D eigenvalue weighted by molar-refractivity contribution is 7.13. The lowest BCUT2D eigenvalue weighted by Gasteiger charge is -2.15. The molecule has 3 N–H and O–H groups in total. The lowest BCUT2D eigenvalue weighted by Crippen LogP contribution is -2.29. The number of alkyl halides is 3. The molecule has 14 heteroatoms. The number of benzene rings is 1. The Kier molecular flexibility index (Phi) is 8.49. The normalized spacial score (nSPS) is 11.5. The number of carboxylic acids is 1. The minimum Gasteiger partial charge on any atom is -0.477 e. The summed E-state index contributed by atoms with van der Waals surface area (Å²) in [6.45, 7) is 2.83. The minimum atomic E-state index is -4.66. The largest absolute Gasteiger partial charge is 0.477 e. The Morgan fingerprint density at radius 1 is 1.20 bits per heavy atom. The predicted molar refractivity (Wildman–Crippen MR) is 144 cm³/mol. The monoisotopic (exact) mass is 575 g/mol. The quantitative estimate of drug-likeness (QED) is 0.253. The van der Waals surface area contributed by atoms with Crippen molar-refractivity contribution < 1.29 is 32.6 Å². The molecule has 10 nitrogen and oxygen atoms in total. The molecule has 40 heavy (non-hydrogen) atoms. The third kappa shape index (κ3) is 6.13. The Morgan fingerprint density at radius 3 is 2.62 bits per heavy atom. The zero-order valence-electron chi connectivity index (χ0n) is 21.3. The number of ether oxygens (including phenoxy) is 1. The van der Waals surface area contributed by atoms with E-state index in [-0.39, 0.29) is 34.9 Å². The van der Waals surface area contributed by atoms with E-state index in [1.807, 2.05) is 6.92 Å². The van der Waals surface area contributed by atoms with Crippen LogP contribution in [0.4, 0.5) is 23.8 Å². The van der Waals surface area contributed by atoms with E-state index in [1.165, 1.54) is 31.6 Å². The topological polar surface area (TPSA) is 135 Å². The van der Waals surface area contributed by atoms with Crippen LogP contribution in [0.3, 0.4) is 0 Å². The van der Waals surface area contributed by atoms with Crippen LogP contribution in [-0.4, -0.2) is 51.9 Å². The first-order valence-corrected chi connectivity index (χ1v) is 12.9. The third-order valence-electron chi connectivity index (χ3n) is 5.86. The van der Waals surface area contributed by atoms with Gasteiger partial charge in [-0.3, -0.25) is 10.1 Å². The average molecular weight is 576 g/mol. The molecule has 0 radical (unpaired) electrons. The molecule has 4 aromatic rings. The van der Waals surface area contributed by atoms with Crippen molar-refractivity contribution in [3.63, 3.8) is 0 Å². The van der Waals surface area contributed by atoms with Gasteiger partial charge in [0.2, 0.25) is 5.43 Å². The number of nitrogens with one attached hydrogen (secondary N) is 2. The molecule has 0 fully saturated rings. The van der Waals surface area contributed by atoms with Gasteiger partial charge < -0.3 is 19.7 Å². The van der Waals surface area contributed by atoms with Gasteiger partial charge in [0.25, 0.3) is 0 Å². The van der Waals surface area contributed by atoms with Crippen LogP contribution in [0.5, 0.6) is 0 Å². The lowest BCUT2D eigenvalue weighted by atomic mass is 9.99. The number of carboxylic acid groups (broad SMARTS) is 1. The van der Waals surface area contributed by atoms with Crippen LogP contribution in [0.15, 0.2) is 46.8 Å². The number of halogens is 3. The summed E-state index contributed by atoms with van der Waals surface area (Å²) < 4.78 is 46.7. The molecule has 0 saturated heterocycles. The number of pyridine rings is 2. The van der Waals surface area contributed by atoms with E-state index in [4.69, 9.17) is 4.74 Å². The summed E-state index contributed by atoms with van der Waals surface area (Å²) in [4.78, 5) is 45.0. The van der Waals surface area contributed by atoms with Crippen LogP contribution >= 0.6 is 11.3 Å². The SMILES string of the molecule is CCCNC(=O)Nc1cc(-c2nc(C(F)(F)F)cs2)c(-c2ccc3c(c2)c(=O)c(C(=O)O)cn3CCOC)cn1. The van der Waals surface area contributed by atoms with Gasteiger partial charge in [-0.15, -0.1) is 11.3 Å². The van der Waals surface area contributed by atoms with Crippen LogP contribution in [0.25, 0.3) is 32.6 Å². The van der Waals surface area contributed by atoms with Crippen LogP contribution in [-0.2, 0) is 17.5 Å². The highest BCUT2D eigenvalue weighted by Crippen LogP contribution is 2.39. The third-order valence-corrected chi connectivity index (χ3v) is 6.74. The maximum Gasteiger partial charge on any atom is 0.434 e. The van der Waals surface area contributed by atoms with Crippen molar-refractivity contribution in [1.29, 1.82) is 0 Å². The molecule has 210 valence electrons. The first-order chi connectivity index (χ1) is 19.0. The highest BCUT2D eigenvalue weighted by Gasteiger charge is 2.34. The molecule has 3 heterocycles. The van der Waals surface area contributed by atoms with Gasteiger partial charge in [-0.25, -0.2) is 19.6 Å². The number of hydrogen-bond donors (Lipinski definition) is 3. The second kappa shape index (κ2) is 11.8. The average Bonchev–Trinajstić information content (AvgIpc) is 3.42. The van der Waals surface area contributed by atoms with E-state index in [2.05, 4.69) is 20.6 Å². The Hall–Kier alpha value is -4.30. The smallest absolute Gasteiger partial charge is 0.434 e. The van der Waals surface area contributed by atoms with Crippen molar-refractivity contribution in [1.82, 2.24) is 19.9 Å². The Balaban J connectivity index is 1.89. The number of anilines is 1. The van der Waals surface area contributed by atoms with E-state index >= 15 is 0 Å². The number of rotatable bonds is 9. The molecule has 0 bridgehead atoms. The van der Waals surface area contributed by atoms with E-state index < -0.39 is 34.9 Å². The van der Waals surface area contributed by atoms with Crippen LogP contribution in [0, 0.1) is 0 Å². The van der Waals surface area contributed by atoms with Gasteiger partial charge in [0.1, 0.15) is 16.4 Å². The minimum absolute atomic E-state index is 0.0126. The van der Waals surface area contributed by atoms with Crippen molar-refractivity contribution in [2.75, 3.05) is 25.6 Å². The molecule has 0 spiro atoms. The van der Waals surface area contributed by atoms with Crippen molar-refractivity contribution >= 4 is 40.1 Å². The Morgan fingerprint density at radius 2 is 1.98 bits per heavy atom. The van der Waals surface area contributed by atoms with Crippen LogP contribution in [0.2, 0.25) is 0 Å². The van der Waals surface area contributed by atoms with Gasteiger partial charge in [0, 0.05) is 54.5 Å². The molecule has 0 aliphatic carbocycles. The summed E-state index contributed by atoms with van der Waals surface area (Å²) in [5.74, 6) is -1.32. The summed E-state index contributed by atoms with van der Waals surface area (Å²) >= 11 is 0.760. The number of urea groups is 1. The van der Waals surface area contributed by atoms with Gasteiger partial charge in [-0.05, 0) is 30.2 Å². The summed E-state index contributed by atoms with van der Waals surface area (Å²) in [7, 11) is 1.49. The fraction of sp³-hybridized carbons (Fsp3) is 0.269. The van der Waals surface area contributed by atoms with Crippen molar-refractivity contribution in [3.05, 3.63) is 63.5 Å². The molecule has 0 atom stereocenters. The van der Waals surface area contributed by atoms with Gasteiger partial charge >= 0.3 is 18.2 Å². The number of nitrogens with zero attached hydrogens (tertiary/aromatic N) is 3. The first-order valence-electron chi connectivity index (χ1n) is 12.0. The predicted octanol–water partition coefficient (Wildman–Crippen LogP) is 5.08. The molecular formula is C26H24F3N5O5S. The fourth-order valence-corrected chi connectivity index (χ4v) is 4.81. The number of carbonyl (C=O) groups excluding carboxylic acids is 1.